The van der Waals surface area contributed by atoms with Crippen LogP contribution in [0.2, 0.25) is 0 Å². The van der Waals surface area contributed by atoms with E-state index in [4.69, 9.17) is 16.3 Å². The molecule has 0 fully saturated rings. The maximum absolute atomic E-state index is 13.7. The number of unbranched alkanes of at least 4 members (excludes halogenated alkanes) is 2. The van der Waals surface area contributed by atoms with Gasteiger partial charge in [0.15, 0.2) is 0 Å². The van der Waals surface area contributed by atoms with Crippen LogP contribution in [0.4, 0.5) is 20.2 Å². The maximum atomic E-state index is 13.7. The highest BCUT2D eigenvalue weighted by molar-refractivity contribution is 7.99. The lowest BCUT2D eigenvalue weighted by molar-refractivity contribution is 0.0175. The van der Waals surface area contributed by atoms with E-state index in [9.17, 15) is 14.0 Å². The van der Waals surface area contributed by atoms with Gasteiger partial charge in [0.25, 0.3) is 5.92 Å². The van der Waals surface area contributed by atoms with Crippen molar-refractivity contribution in [2.24, 2.45) is 11.6 Å². The number of thioether (sulfide) groups is 1. The first-order valence-electron chi connectivity index (χ1n) is 8.48. The monoisotopic (exact) mass is 393 g/mol. The molecule has 0 aliphatic carbocycles. The highest BCUT2D eigenvalue weighted by Crippen LogP contribution is 2.39. The van der Waals surface area contributed by atoms with Gasteiger partial charge in [-0.2, -0.15) is 0 Å². The Balaban J connectivity index is 2.73. The molecule has 1 aromatic rings. The lowest BCUT2D eigenvalue weighted by Gasteiger charge is -2.20. The van der Waals surface area contributed by atoms with Gasteiger partial charge in [0, 0.05) is 37.9 Å². The SMILES string of the molecule is CC(F)(F)c1cc(NO)c(SCCN)c(NCOCCCCCNN)c1. The number of benzene rings is 1. The molecule has 8 N–H and O–H groups in total. The molecular formula is C16H29F2N5O2S. The minimum atomic E-state index is -3.03. The third-order valence-corrected chi connectivity index (χ3v) is 4.72. The Hall–Kier alpha value is -1.17. The molecule has 0 saturated carbocycles. The molecule has 0 aliphatic rings. The number of hydrogen-bond donors (Lipinski definition) is 6. The molecule has 1 rings (SSSR count). The van der Waals surface area contributed by atoms with E-state index in [1.807, 2.05) is 5.48 Å². The van der Waals surface area contributed by atoms with Crippen molar-refractivity contribution in [1.29, 1.82) is 0 Å². The Kier molecular flexibility index (Phi) is 10.8. The van der Waals surface area contributed by atoms with Gasteiger partial charge in [-0.15, -0.1) is 11.8 Å². The van der Waals surface area contributed by atoms with E-state index in [2.05, 4.69) is 10.7 Å². The van der Waals surface area contributed by atoms with Crippen molar-refractivity contribution >= 4 is 23.1 Å². The van der Waals surface area contributed by atoms with Crippen LogP contribution in [-0.2, 0) is 10.7 Å². The fourth-order valence-corrected chi connectivity index (χ4v) is 3.09. The van der Waals surface area contributed by atoms with Gasteiger partial charge >= 0.3 is 0 Å². The molecule has 7 nitrogen and oxygen atoms in total. The van der Waals surface area contributed by atoms with E-state index in [-0.39, 0.29) is 18.0 Å². The van der Waals surface area contributed by atoms with Crippen LogP contribution in [-0.4, -0.2) is 37.4 Å². The molecule has 150 valence electrons. The van der Waals surface area contributed by atoms with E-state index < -0.39 is 5.92 Å². The topological polar surface area (TPSA) is 118 Å². The Bertz CT molecular complexity index is 532. The zero-order valence-corrected chi connectivity index (χ0v) is 15.8. The van der Waals surface area contributed by atoms with Crippen LogP contribution in [0, 0.1) is 0 Å². The number of ether oxygens (including phenoxy) is 1. The fraction of sp³-hybridized carbons (Fsp3) is 0.625. The van der Waals surface area contributed by atoms with Crippen molar-refractivity contribution in [3.8, 4) is 0 Å². The lowest BCUT2D eigenvalue weighted by Crippen LogP contribution is -2.22. The van der Waals surface area contributed by atoms with Gasteiger partial charge in [0.1, 0.15) is 6.73 Å². The average molecular weight is 394 g/mol. The van der Waals surface area contributed by atoms with Crippen LogP contribution in [0.15, 0.2) is 17.0 Å². The molecular weight excluding hydrogens is 364 g/mol. The van der Waals surface area contributed by atoms with Crippen molar-refractivity contribution in [3.05, 3.63) is 17.7 Å². The Morgan fingerprint density at radius 2 is 1.96 bits per heavy atom. The second-order valence-corrected chi connectivity index (χ2v) is 6.89. The zero-order chi connectivity index (χ0) is 19.4. The van der Waals surface area contributed by atoms with Gasteiger partial charge in [-0.1, -0.05) is 0 Å². The molecule has 0 amide bonds. The summed E-state index contributed by atoms with van der Waals surface area (Å²) < 4.78 is 32.9. The molecule has 0 bridgehead atoms. The number of anilines is 2. The predicted molar refractivity (Wildman–Crippen MR) is 102 cm³/mol. The summed E-state index contributed by atoms with van der Waals surface area (Å²) in [6.45, 7) is 2.73. The van der Waals surface area contributed by atoms with Crippen LogP contribution >= 0.6 is 11.8 Å². The van der Waals surface area contributed by atoms with Crippen molar-refractivity contribution < 1.29 is 18.7 Å². The highest BCUT2D eigenvalue weighted by atomic mass is 32.2. The molecule has 0 heterocycles. The van der Waals surface area contributed by atoms with E-state index in [0.717, 1.165) is 32.7 Å². The van der Waals surface area contributed by atoms with E-state index >= 15 is 0 Å². The number of halogens is 2. The first kappa shape index (κ1) is 22.9. The standard InChI is InChI=1S/C16H29F2N5O2S/c1-16(17,18)12-9-13(15(26-8-5-19)14(10-12)23-24)21-11-25-7-4-2-3-6-22-20/h9-10,21-24H,2-8,11,19-20H2,1H3. The van der Waals surface area contributed by atoms with Gasteiger partial charge in [-0.3, -0.25) is 22.0 Å². The number of rotatable bonds is 14. The minimum absolute atomic E-state index is 0.176. The van der Waals surface area contributed by atoms with Gasteiger partial charge in [-0.05, 0) is 31.4 Å². The summed E-state index contributed by atoms with van der Waals surface area (Å²) in [5, 5.41) is 12.3. The molecule has 0 radical (unpaired) electrons. The first-order chi connectivity index (χ1) is 12.4. The minimum Gasteiger partial charge on any atom is -0.362 e. The van der Waals surface area contributed by atoms with Crippen LogP contribution < -0.4 is 27.8 Å². The largest absolute Gasteiger partial charge is 0.362 e. The molecule has 0 spiro atoms. The van der Waals surface area contributed by atoms with Gasteiger partial charge in [0.2, 0.25) is 0 Å². The molecule has 1 aromatic carbocycles. The fourth-order valence-electron chi connectivity index (χ4n) is 2.22. The number of hydrazine groups is 1. The van der Waals surface area contributed by atoms with Gasteiger partial charge in [-0.25, -0.2) is 8.78 Å². The third-order valence-electron chi connectivity index (χ3n) is 3.55. The van der Waals surface area contributed by atoms with Crippen molar-refractivity contribution in [2.75, 3.05) is 43.0 Å². The molecule has 0 atom stereocenters. The average Bonchev–Trinajstić information content (AvgIpc) is 2.61. The summed E-state index contributed by atoms with van der Waals surface area (Å²) in [5.74, 6) is 2.75. The highest BCUT2D eigenvalue weighted by Gasteiger charge is 2.27. The molecule has 0 aliphatic heterocycles. The quantitative estimate of drug-likeness (QED) is 0.0939. The van der Waals surface area contributed by atoms with E-state index in [1.54, 1.807) is 0 Å². The van der Waals surface area contributed by atoms with E-state index in [1.165, 1.54) is 23.9 Å². The first-order valence-corrected chi connectivity index (χ1v) is 9.47. The molecule has 0 aromatic heterocycles. The predicted octanol–water partition coefficient (Wildman–Crippen LogP) is 2.67. The number of hydrogen-bond acceptors (Lipinski definition) is 8. The second kappa shape index (κ2) is 12.3. The van der Waals surface area contributed by atoms with Crippen LogP contribution in [0.3, 0.4) is 0 Å². The normalized spacial score (nSPS) is 11.6. The Labute approximate surface area is 157 Å². The summed E-state index contributed by atoms with van der Waals surface area (Å²) in [4.78, 5) is 0.614. The van der Waals surface area contributed by atoms with E-state index in [0.29, 0.717) is 29.5 Å². The summed E-state index contributed by atoms with van der Waals surface area (Å²) in [5.41, 5.74) is 10.6. The maximum Gasteiger partial charge on any atom is 0.270 e. The Morgan fingerprint density at radius 3 is 2.58 bits per heavy atom. The van der Waals surface area contributed by atoms with Crippen molar-refractivity contribution in [2.45, 2.75) is 37.0 Å². The second-order valence-electron chi connectivity index (χ2n) is 5.78. The zero-order valence-electron chi connectivity index (χ0n) is 15.0. The van der Waals surface area contributed by atoms with Crippen LogP contribution in [0.1, 0.15) is 31.7 Å². The molecule has 0 saturated heterocycles. The molecule has 26 heavy (non-hydrogen) atoms. The summed E-state index contributed by atoms with van der Waals surface area (Å²) in [7, 11) is 0. The molecule has 0 unspecified atom stereocenters. The lowest BCUT2D eigenvalue weighted by atomic mass is 10.1. The van der Waals surface area contributed by atoms with Crippen LogP contribution in [0.25, 0.3) is 0 Å². The Morgan fingerprint density at radius 1 is 1.23 bits per heavy atom. The van der Waals surface area contributed by atoms with Crippen LogP contribution in [0.5, 0.6) is 0 Å². The van der Waals surface area contributed by atoms with Gasteiger partial charge in [0.05, 0.1) is 16.3 Å². The summed E-state index contributed by atoms with van der Waals surface area (Å²) >= 11 is 1.37. The van der Waals surface area contributed by atoms with Crippen molar-refractivity contribution in [1.82, 2.24) is 5.43 Å². The third kappa shape index (κ3) is 8.02. The summed E-state index contributed by atoms with van der Waals surface area (Å²) in [6, 6.07) is 2.60. The summed E-state index contributed by atoms with van der Waals surface area (Å²) in [6.07, 6.45) is 2.83. The number of nitrogens with one attached hydrogen (secondary N) is 3. The number of alkyl halides is 2. The molecule has 10 heteroatoms. The van der Waals surface area contributed by atoms with Crippen molar-refractivity contribution in [3.63, 3.8) is 0 Å². The number of nitrogens with two attached hydrogens (primary N) is 2. The smallest absolute Gasteiger partial charge is 0.270 e. The van der Waals surface area contributed by atoms with Gasteiger partial charge < -0.3 is 15.8 Å².